The first kappa shape index (κ1) is 14.3. The van der Waals surface area contributed by atoms with Gasteiger partial charge in [0.15, 0.2) is 10.2 Å². The number of nitrogens with one attached hydrogen (secondary N) is 1. The van der Waals surface area contributed by atoms with Gasteiger partial charge in [0.1, 0.15) is 11.7 Å². The van der Waals surface area contributed by atoms with E-state index in [4.69, 9.17) is 11.6 Å². The van der Waals surface area contributed by atoms with Gasteiger partial charge in [-0.3, -0.25) is 9.20 Å². The SMILES string of the molecule is CC1C(=O)NCCN1S(=O)(=O)c1c(Cl)nc2ccccn12. The molecule has 9 heteroatoms. The normalized spacial score (nSPS) is 20.7. The Morgan fingerprint density at radius 1 is 1.43 bits per heavy atom. The van der Waals surface area contributed by atoms with E-state index in [1.165, 1.54) is 4.40 Å². The van der Waals surface area contributed by atoms with Gasteiger partial charge < -0.3 is 5.32 Å². The predicted molar refractivity (Wildman–Crippen MR) is 76.6 cm³/mol. The first-order valence-corrected chi connectivity index (χ1v) is 8.17. The van der Waals surface area contributed by atoms with Crippen LogP contribution in [0.2, 0.25) is 5.15 Å². The highest BCUT2D eigenvalue weighted by molar-refractivity contribution is 7.89. The van der Waals surface area contributed by atoms with E-state index in [1.807, 2.05) is 0 Å². The zero-order valence-electron chi connectivity index (χ0n) is 11.2. The highest BCUT2D eigenvalue weighted by atomic mass is 35.5. The maximum Gasteiger partial charge on any atom is 0.263 e. The molecule has 1 aliphatic rings. The van der Waals surface area contributed by atoms with Crippen molar-refractivity contribution in [2.24, 2.45) is 0 Å². The van der Waals surface area contributed by atoms with Crippen LogP contribution in [0.5, 0.6) is 0 Å². The van der Waals surface area contributed by atoms with E-state index < -0.39 is 16.1 Å². The van der Waals surface area contributed by atoms with Gasteiger partial charge in [-0.2, -0.15) is 4.31 Å². The lowest BCUT2D eigenvalue weighted by Gasteiger charge is -2.31. The van der Waals surface area contributed by atoms with Crippen LogP contribution in [0.4, 0.5) is 0 Å². The Kier molecular flexibility index (Phi) is 3.39. The van der Waals surface area contributed by atoms with Gasteiger partial charge in [-0.15, -0.1) is 0 Å². The number of piperazine rings is 1. The summed E-state index contributed by atoms with van der Waals surface area (Å²) in [4.78, 5) is 15.7. The molecule has 0 aromatic carbocycles. The lowest BCUT2D eigenvalue weighted by Crippen LogP contribution is -2.55. The third-order valence-corrected chi connectivity index (χ3v) is 5.81. The number of carbonyl (C=O) groups is 1. The Morgan fingerprint density at radius 2 is 2.19 bits per heavy atom. The average molecular weight is 329 g/mol. The fourth-order valence-corrected chi connectivity index (χ4v) is 4.57. The molecule has 1 atom stereocenters. The Bertz CT molecular complexity index is 817. The number of rotatable bonds is 2. The minimum absolute atomic E-state index is 0.0978. The standard InChI is InChI=1S/C12H13ClN4O3S/c1-8-11(18)14-5-7-17(8)21(19,20)12-10(13)15-9-4-2-3-6-16(9)12/h2-4,6,8H,5,7H2,1H3,(H,14,18). The van der Waals surface area contributed by atoms with E-state index in [9.17, 15) is 13.2 Å². The number of sulfonamides is 1. The van der Waals surface area contributed by atoms with Crippen molar-refractivity contribution in [1.29, 1.82) is 0 Å². The lowest BCUT2D eigenvalue weighted by atomic mass is 10.2. The van der Waals surface area contributed by atoms with Crippen molar-refractivity contribution in [3.63, 3.8) is 0 Å². The molecular formula is C12H13ClN4O3S. The summed E-state index contributed by atoms with van der Waals surface area (Å²) in [6, 6.07) is 4.31. The van der Waals surface area contributed by atoms with E-state index in [0.717, 1.165) is 4.31 Å². The Hall–Kier alpha value is -1.64. The Morgan fingerprint density at radius 3 is 2.95 bits per heavy atom. The molecular weight excluding hydrogens is 316 g/mol. The van der Waals surface area contributed by atoms with Crippen molar-refractivity contribution in [2.75, 3.05) is 13.1 Å². The van der Waals surface area contributed by atoms with E-state index in [1.54, 1.807) is 31.3 Å². The summed E-state index contributed by atoms with van der Waals surface area (Å²) in [5, 5.41) is 2.42. The van der Waals surface area contributed by atoms with Gasteiger partial charge in [0.2, 0.25) is 5.91 Å². The van der Waals surface area contributed by atoms with Gasteiger partial charge in [0.25, 0.3) is 10.0 Å². The highest BCUT2D eigenvalue weighted by Gasteiger charge is 2.38. The molecule has 1 N–H and O–H groups in total. The van der Waals surface area contributed by atoms with Crippen LogP contribution in [0.15, 0.2) is 29.4 Å². The summed E-state index contributed by atoms with van der Waals surface area (Å²) in [5.74, 6) is -0.324. The number of hydrogen-bond donors (Lipinski definition) is 1. The summed E-state index contributed by atoms with van der Waals surface area (Å²) in [6.45, 7) is 2.02. The molecule has 0 saturated carbocycles. The first-order valence-electron chi connectivity index (χ1n) is 6.35. The van der Waals surface area contributed by atoms with Crippen molar-refractivity contribution >= 4 is 33.2 Å². The van der Waals surface area contributed by atoms with Crippen LogP contribution in [0.25, 0.3) is 5.65 Å². The highest BCUT2D eigenvalue weighted by Crippen LogP contribution is 2.27. The second-order valence-corrected chi connectivity index (χ2v) is 6.88. The van der Waals surface area contributed by atoms with Gasteiger partial charge in [-0.1, -0.05) is 17.7 Å². The summed E-state index contributed by atoms with van der Waals surface area (Å²) in [6.07, 6.45) is 1.58. The van der Waals surface area contributed by atoms with Crippen molar-refractivity contribution < 1.29 is 13.2 Å². The number of imidazole rings is 1. The number of nitrogens with zero attached hydrogens (tertiary/aromatic N) is 3. The molecule has 1 amide bonds. The third-order valence-electron chi connectivity index (χ3n) is 3.44. The minimum atomic E-state index is -3.92. The molecule has 112 valence electrons. The molecule has 1 saturated heterocycles. The second kappa shape index (κ2) is 4.97. The number of halogens is 1. The van der Waals surface area contributed by atoms with Gasteiger partial charge in [-0.05, 0) is 19.1 Å². The van der Waals surface area contributed by atoms with Gasteiger partial charge >= 0.3 is 0 Å². The zero-order valence-corrected chi connectivity index (χ0v) is 12.7. The number of fused-ring (bicyclic) bond motifs is 1. The number of aromatic nitrogens is 2. The van der Waals surface area contributed by atoms with Crippen LogP contribution in [0, 0.1) is 0 Å². The predicted octanol–water partition coefficient (Wildman–Crippen LogP) is 0.497. The van der Waals surface area contributed by atoms with E-state index in [-0.39, 0.29) is 29.2 Å². The van der Waals surface area contributed by atoms with Crippen LogP contribution in [0.1, 0.15) is 6.92 Å². The topological polar surface area (TPSA) is 83.8 Å². The van der Waals surface area contributed by atoms with Crippen LogP contribution < -0.4 is 5.32 Å². The Labute approximate surface area is 126 Å². The molecule has 2 aromatic heterocycles. The molecule has 1 aliphatic heterocycles. The molecule has 21 heavy (non-hydrogen) atoms. The molecule has 3 rings (SSSR count). The number of hydrogen-bond acceptors (Lipinski definition) is 4. The third kappa shape index (κ3) is 2.19. The largest absolute Gasteiger partial charge is 0.353 e. The van der Waals surface area contributed by atoms with Crippen molar-refractivity contribution in [3.8, 4) is 0 Å². The minimum Gasteiger partial charge on any atom is -0.353 e. The van der Waals surface area contributed by atoms with Crippen molar-refractivity contribution in [3.05, 3.63) is 29.5 Å². The van der Waals surface area contributed by atoms with Crippen LogP contribution in [-0.4, -0.2) is 47.1 Å². The fraction of sp³-hybridized carbons (Fsp3) is 0.333. The monoisotopic (exact) mass is 328 g/mol. The van der Waals surface area contributed by atoms with E-state index in [2.05, 4.69) is 10.3 Å². The molecule has 3 heterocycles. The van der Waals surface area contributed by atoms with Gasteiger partial charge in [0, 0.05) is 19.3 Å². The molecule has 0 aliphatic carbocycles. The number of pyridine rings is 1. The molecule has 7 nitrogen and oxygen atoms in total. The first-order chi connectivity index (χ1) is 9.93. The average Bonchev–Trinajstić information content (AvgIpc) is 2.78. The van der Waals surface area contributed by atoms with Gasteiger partial charge in [-0.25, -0.2) is 13.4 Å². The maximum absolute atomic E-state index is 12.8. The zero-order chi connectivity index (χ0) is 15.2. The van der Waals surface area contributed by atoms with E-state index >= 15 is 0 Å². The van der Waals surface area contributed by atoms with Crippen LogP contribution >= 0.6 is 11.6 Å². The van der Waals surface area contributed by atoms with E-state index in [0.29, 0.717) is 5.65 Å². The van der Waals surface area contributed by atoms with Gasteiger partial charge in [0.05, 0.1) is 0 Å². The molecule has 1 unspecified atom stereocenters. The molecule has 0 bridgehead atoms. The molecule has 0 spiro atoms. The van der Waals surface area contributed by atoms with Crippen molar-refractivity contribution in [2.45, 2.75) is 18.0 Å². The summed E-state index contributed by atoms with van der Waals surface area (Å²) < 4.78 is 28.2. The number of amides is 1. The summed E-state index contributed by atoms with van der Waals surface area (Å²) in [7, 11) is -3.92. The molecule has 0 radical (unpaired) electrons. The lowest BCUT2D eigenvalue weighted by molar-refractivity contribution is -0.126. The molecule has 2 aromatic rings. The van der Waals surface area contributed by atoms with Crippen LogP contribution in [0.3, 0.4) is 0 Å². The molecule has 1 fully saturated rings. The Balaban J connectivity index is 2.16. The van der Waals surface area contributed by atoms with Crippen LogP contribution in [-0.2, 0) is 14.8 Å². The summed E-state index contributed by atoms with van der Waals surface area (Å²) >= 11 is 6.02. The summed E-state index contributed by atoms with van der Waals surface area (Å²) in [5.41, 5.74) is 0.440. The van der Waals surface area contributed by atoms with Crippen molar-refractivity contribution in [1.82, 2.24) is 19.0 Å². The quantitative estimate of drug-likeness (QED) is 0.870. The fourth-order valence-electron chi connectivity index (χ4n) is 2.38. The maximum atomic E-state index is 12.8. The second-order valence-electron chi connectivity index (χ2n) is 4.72. The number of carbonyl (C=O) groups excluding carboxylic acids is 1. The smallest absolute Gasteiger partial charge is 0.263 e.